The van der Waals surface area contributed by atoms with Gasteiger partial charge in [0.05, 0.1) is 21.9 Å². The molecule has 0 aliphatic carbocycles. The molecule has 1 atom stereocenters. The Kier molecular flexibility index (Phi) is 7.09. The number of carbonyl (C=O) groups is 1. The maximum absolute atomic E-state index is 14.0. The van der Waals surface area contributed by atoms with Crippen molar-refractivity contribution in [2.45, 2.75) is 25.8 Å². The predicted octanol–water partition coefficient (Wildman–Crippen LogP) is 5.24. The number of rotatable bonds is 7. The van der Waals surface area contributed by atoms with Gasteiger partial charge in [0.25, 0.3) is 5.91 Å². The zero-order valence-corrected chi connectivity index (χ0v) is 20.0. The standard InChI is InChI=1S/C24H25BrF2N4O2/c1-15-4-3-9-31(15)10-11-33-22-8-6-17(13-19(22)23-20(25)14-28-30(23)2)29-24(32)18-7-5-16(26)12-21(18)27/h5-8,12-15H,3-4,9-11H2,1-2H3,(H,29,32). The first-order chi connectivity index (χ1) is 15.8. The summed E-state index contributed by atoms with van der Waals surface area (Å²) in [6, 6.07) is 8.65. The Labute approximate surface area is 199 Å². The van der Waals surface area contributed by atoms with Gasteiger partial charge in [0, 0.05) is 37.0 Å². The van der Waals surface area contributed by atoms with Crippen LogP contribution in [0.1, 0.15) is 30.1 Å². The molecule has 1 amide bonds. The highest BCUT2D eigenvalue weighted by atomic mass is 79.9. The van der Waals surface area contributed by atoms with Crippen LogP contribution in [0.2, 0.25) is 0 Å². The molecule has 3 aromatic rings. The number of hydrogen-bond acceptors (Lipinski definition) is 4. The van der Waals surface area contributed by atoms with Crippen LogP contribution in [0.25, 0.3) is 11.3 Å². The maximum atomic E-state index is 14.0. The lowest BCUT2D eigenvalue weighted by molar-refractivity contribution is 0.102. The molecule has 2 aromatic carbocycles. The van der Waals surface area contributed by atoms with Crippen molar-refractivity contribution in [3.63, 3.8) is 0 Å². The van der Waals surface area contributed by atoms with E-state index in [1.165, 1.54) is 12.8 Å². The zero-order chi connectivity index (χ0) is 23.5. The lowest BCUT2D eigenvalue weighted by Crippen LogP contribution is -2.31. The molecule has 2 heterocycles. The first-order valence-corrected chi connectivity index (χ1v) is 11.6. The smallest absolute Gasteiger partial charge is 0.258 e. The SMILES string of the molecule is CC1CCCN1CCOc1ccc(NC(=O)c2ccc(F)cc2F)cc1-c1c(Br)cnn1C. The summed E-state index contributed by atoms with van der Waals surface area (Å²) in [5.41, 5.74) is 1.73. The van der Waals surface area contributed by atoms with Crippen LogP contribution in [-0.4, -0.2) is 46.3 Å². The van der Waals surface area contributed by atoms with Crippen LogP contribution in [0.3, 0.4) is 0 Å². The number of anilines is 1. The second-order valence-corrected chi connectivity index (χ2v) is 8.98. The molecule has 9 heteroatoms. The molecule has 33 heavy (non-hydrogen) atoms. The van der Waals surface area contributed by atoms with Gasteiger partial charge in [-0.1, -0.05) is 0 Å². The number of nitrogens with zero attached hydrogens (tertiary/aromatic N) is 3. The van der Waals surface area contributed by atoms with Crippen molar-refractivity contribution in [3.05, 3.63) is 64.3 Å². The number of benzene rings is 2. The normalized spacial score (nSPS) is 16.2. The van der Waals surface area contributed by atoms with Crippen molar-refractivity contribution in [1.82, 2.24) is 14.7 Å². The van der Waals surface area contributed by atoms with E-state index in [4.69, 9.17) is 4.74 Å². The van der Waals surface area contributed by atoms with E-state index in [0.717, 1.165) is 41.0 Å². The molecule has 0 bridgehead atoms. The van der Waals surface area contributed by atoms with Crippen molar-refractivity contribution in [2.75, 3.05) is 25.0 Å². The van der Waals surface area contributed by atoms with Crippen LogP contribution in [0.5, 0.6) is 5.75 Å². The molecule has 4 rings (SSSR count). The number of nitrogens with one attached hydrogen (secondary N) is 1. The van der Waals surface area contributed by atoms with Gasteiger partial charge in [-0.2, -0.15) is 5.10 Å². The molecule has 1 aliphatic heterocycles. The molecule has 1 aromatic heterocycles. The average molecular weight is 519 g/mol. The van der Waals surface area contributed by atoms with Crippen molar-refractivity contribution >= 4 is 27.5 Å². The van der Waals surface area contributed by atoms with E-state index < -0.39 is 17.5 Å². The first kappa shape index (κ1) is 23.4. The molecule has 0 radical (unpaired) electrons. The minimum Gasteiger partial charge on any atom is -0.492 e. The second-order valence-electron chi connectivity index (χ2n) is 8.13. The van der Waals surface area contributed by atoms with Gasteiger partial charge in [-0.15, -0.1) is 0 Å². The van der Waals surface area contributed by atoms with E-state index in [0.29, 0.717) is 30.2 Å². The van der Waals surface area contributed by atoms with E-state index >= 15 is 0 Å². The molecular weight excluding hydrogens is 494 g/mol. The Morgan fingerprint density at radius 1 is 1.27 bits per heavy atom. The number of hydrogen-bond donors (Lipinski definition) is 1. The summed E-state index contributed by atoms with van der Waals surface area (Å²) in [4.78, 5) is 15.0. The molecular formula is C24H25BrF2N4O2. The van der Waals surface area contributed by atoms with Crippen molar-refractivity contribution in [2.24, 2.45) is 7.05 Å². The fourth-order valence-corrected chi connectivity index (χ4v) is 4.66. The molecule has 1 N–H and O–H groups in total. The third-order valence-corrected chi connectivity index (χ3v) is 6.47. The lowest BCUT2D eigenvalue weighted by Gasteiger charge is -2.21. The molecule has 1 saturated heterocycles. The van der Waals surface area contributed by atoms with Gasteiger partial charge in [0.15, 0.2) is 0 Å². The summed E-state index contributed by atoms with van der Waals surface area (Å²) >= 11 is 3.53. The van der Waals surface area contributed by atoms with Gasteiger partial charge < -0.3 is 10.1 Å². The van der Waals surface area contributed by atoms with Gasteiger partial charge in [0.2, 0.25) is 0 Å². The first-order valence-electron chi connectivity index (χ1n) is 10.8. The number of aryl methyl sites for hydroxylation is 1. The Balaban J connectivity index is 1.58. The Hall–Kier alpha value is -2.78. The van der Waals surface area contributed by atoms with Crippen LogP contribution < -0.4 is 10.1 Å². The highest BCUT2D eigenvalue weighted by Crippen LogP contribution is 2.37. The molecule has 1 fully saturated rings. The highest BCUT2D eigenvalue weighted by Gasteiger charge is 2.21. The minimum absolute atomic E-state index is 0.236. The van der Waals surface area contributed by atoms with E-state index in [-0.39, 0.29) is 5.56 Å². The van der Waals surface area contributed by atoms with Crippen LogP contribution in [-0.2, 0) is 7.05 Å². The maximum Gasteiger partial charge on any atom is 0.258 e. The fourth-order valence-electron chi connectivity index (χ4n) is 4.10. The molecule has 1 aliphatic rings. The minimum atomic E-state index is -0.918. The largest absolute Gasteiger partial charge is 0.492 e. The van der Waals surface area contributed by atoms with Crippen molar-refractivity contribution < 1.29 is 18.3 Å². The van der Waals surface area contributed by atoms with Crippen LogP contribution in [0.15, 0.2) is 47.1 Å². The predicted molar refractivity (Wildman–Crippen MR) is 126 cm³/mol. The van der Waals surface area contributed by atoms with Crippen LogP contribution >= 0.6 is 15.9 Å². The lowest BCUT2D eigenvalue weighted by atomic mass is 10.1. The Bertz CT molecular complexity index is 1150. The third kappa shape index (κ3) is 5.25. The van der Waals surface area contributed by atoms with Gasteiger partial charge in [0.1, 0.15) is 24.0 Å². The zero-order valence-electron chi connectivity index (χ0n) is 18.4. The van der Waals surface area contributed by atoms with E-state index in [1.54, 1.807) is 29.1 Å². The molecule has 6 nitrogen and oxygen atoms in total. The van der Waals surface area contributed by atoms with E-state index in [2.05, 4.69) is 38.2 Å². The van der Waals surface area contributed by atoms with E-state index in [1.807, 2.05) is 7.05 Å². The van der Waals surface area contributed by atoms with Crippen LogP contribution in [0.4, 0.5) is 14.5 Å². The van der Waals surface area contributed by atoms with Gasteiger partial charge in [-0.25, -0.2) is 8.78 Å². The summed E-state index contributed by atoms with van der Waals surface area (Å²) in [7, 11) is 1.81. The van der Waals surface area contributed by atoms with Gasteiger partial charge in [-0.3, -0.25) is 14.4 Å². The summed E-state index contributed by atoms with van der Waals surface area (Å²) < 4.78 is 35.8. The summed E-state index contributed by atoms with van der Waals surface area (Å²) in [6.45, 7) is 4.66. The van der Waals surface area contributed by atoms with Gasteiger partial charge >= 0.3 is 0 Å². The average Bonchev–Trinajstić information content (AvgIpc) is 3.33. The molecule has 0 spiro atoms. The third-order valence-electron chi connectivity index (χ3n) is 5.89. The number of halogens is 3. The topological polar surface area (TPSA) is 59.4 Å². The number of likely N-dealkylation sites (tertiary alicyclic amines) is 1. The summed E-state index contributed by atoms with van der Waals surface area (Å²) in [5.74, 6) is -1.67. The fraction of sp³-hybridized carbons (Fsp3) is 0.333. The second kappa shape index (κ2) is 10.0. The molecule has 0 saturated carbocycles. The van der Waals surface area contributed by atoms with E-state index in [9.17, 15) is 13.6 Å². The number of aromatic nitrogens is 2. The van der Waals surface area contributed by atoms with Crippen molar-refractivity contribution in [1.29, 1.82) is 0 Å². The quantitative estimate of drug-likeness (QED) is 0.464. The van der Waals surface area contributed by atoms with Crippen LogP contribution in [0, 0.1) is 11.6 Å². The molecule has 174 valence electrons. The Morgan fingerprint density at radius 2 is 2.09 bits per heavy atom. The number of carbonyl (C=O) groups excluding carboxylic acids is 1. The summed E-state index contributed by atoms with van der Waals surface area (Å²) in [6.07, 6.45) is 4.10. The van der Waals surface area contributed by atoms with Crippen molar-refractivity contribution in [3.8, 4) is 17.0 Å². The number of ether oxygens (including phenoxy) is 1. The number of amides is 1. The van der Waals surface area contributed by atoms with Gasteiger partial charge in [-0.05, 0) is 72.6 Å². The monoisotopic (exact) mass is 518 g/mol. The summed E-state index contributed by atoms with van der Waals surface area (Å²) in [5, 5.41) is 6.96. The Morgan fingerprint density at radius 3 is 2.76 bits per heavy atom. The highest BCUT2D eigenvalue weighted by molar-refractivity contribution is 9.10. The molecule has 1 unspecified atom stereocenters.